The van der Waals surface area contributed by atoms with Crippen LogP contribution in [0.2, 0.25) is 0 Å². The third kappa shape index (κ3) is 6.87. The topological polar surface area (TPSA) is 39.7 Å². The molecule has 1 aliphatic rings. The molecule has 186 valence electrons. The normalized spacial score (nSPS) is 18.5. The molecule has 35 heavy (non-hydrogen) atoms. The maximum atomic E-state index is 6.60. The van der Waals surface area contributed by atoms with Gasteiger partial charge in [0.05, 0.1) is 6.61 Å². The number of fused-ring (bicyclic) bond motifs is 1. The first-order valence-corrected chi connectivity index (χ1v) is 12.9. The zero-order chi connectivity index (χ0) is 24.5. The summed E-state index contributed by atoms with van der Waals surface area (Å²) in [5, 5.41) is 3.56. The minimum Gasteiger partial charge on any atom is -0.485 e. The van der Waals surface area contributed by atoms with Crippen molar-refractivity contribution in [1.29, 1.82) is 0 Å². The number of rotatable bonds is 12. The van der Waals surface area contributed by atoms with Gasteiger partial charge in [0.2, 0.25) is 0 Å². The van der Waals surface area contributed by atoms with Crippen molar-refractivity contribution in [3.05, 3.63) is 95.6 Å². The summed E-state index contributed by atoms with van der Waals surface area (Å²) in [7, 11) is 0. The van der Waals surface area contributed by atoms with Crippen LogP contribution >= 0.6 is 0 Å². The molecule has 4 heteroatoms. The van der Waals surface area contributed by atoms with E-state index in [9.17, 15) is 0 Å². The Balaban J connectivity index is 1.54. The molecule has 0 amide bonds. The van der Waals surface area contributed by atoms with Crippen LogP contribution in [0.3, 0.4) is 0 Å². The lowest BCUT2D eigenvalue weighted by atomic mass is 9.87. The lowest BCUT2D eigenvalue weighted by Crippen LogP contribution is -2.51. The Bertz CT molecular complexity index is 1040. The van der Waals surface area contributed by atoms with Gasteiger partial charge in [-0.1, -0.05) is 80.4 Å². The van der Waals surface area contributed by atoms with E-state index in [4.69, 9.17) is 14.2 Å². The minimum atomic E-state index is -0.490. The molecular formula is C31H39NO3. The molecule has 1 aliphatic heterocycles. The van der Waals surface area contributed by atoms with E-state index in [2.05, 4.69) is 92.8 Å². The molecule has 0 aliphatic carbocycles. The van der Waals surface area contributed by atoms with Gasteiger partial charge in [-0.2, -0.15) is 0 Å². The van der Waals surface area contributed by atoms with Crippen LogP contribution in [0.15, 0.2) is 78.9 Å². The van der Waals surface area contributed by atoms with Crippen molar-refractivity contribution in [2.24, 2.45) is 0 Å². The fourth-order valence-electron chi connectivity index (χ4n) is 4.62. The third-order valence-corrected chi connectivity index (χ3v) is 6.57. The van der Waals surface area contributed by atoms with E-state index < -0.39 is 5.60 Å². The van der Waals surface area contributed by atoms with Gasteiger partial charge in [-0.25, -0.2) is 0 Å². The lowest BCUT2D eigenvalue weighted by Gasteiger charge is -2.44. The molecular weight excluding hydrogens is 434 g/mol. The van der Waals surface area contributed by atoms with Gasteiger partial charge in [-0.15, -0.1) is 0 Å². The summed E-state index contributed by atoms with van der Waals surface area (Å²) >= 11 is 0. The molecule has 0 spiro atoms. The second kappa shape index (κ2) is 12.2. The molecule has 2 unspecified atom stereocenters. The van der Waals surface area contributed by atoms with Crippen molar-refractivity contribution in [2.45, 2.75) is 70.8 Å². The molecule has 2 atom stereocenters. The van der Waals surface area contributed by atoms with Crippen molar-refractivity contribution in [3.63, 3.8) is 0 Å². The average Bonchev–Trinajstić information content (AvgIpc) is 2.87. The van der Waals surface area contributed by atoms with Crippen molar-refractivity contribution >= 4 is 5.69 Å². The van der Waals surface area contributed by atoms with Gasteiger partial charge in [0.25, 0.3) is 0 Å². The van der Waals surface area contributed by atoms with Gasteiger partial charge in [0.15, 0.2) is 0 Å². The lowest BCUT2D eigenvalue weighted by molar-refractivity contribution is -0.162. The zero-order valence-corrected chi connectivity index (χ0v) is 21.3. The molecule has 1 heterocycles. The van der Waals surface area contributed by atoms with Gasteiger partial charge in [0, 0.05) is 24.4 Å². The van der Waals surface area contributed by atoms with Crippen LogP contribution in [0.25, 0.3) is 0 Å². The Labute approximate surface area is 210 Å². The molecule has 3 aromatic rings. The van der Waals surface area contributed by atoms with E-state index in [0.29, 0.717) is 13.2 Å². The van der Waals surface area contributed by atoms with Crippen molar-refractivity contribution in [2.75, 3.05) is 18.5 Å². The summed E-state index contributed by atoms with van der Waals surface area (Å²) in [6.07, 6.45) is 3.86. The maximum Gasteiger partial charge on any atom is 0.132 e. The number of hydrogen-bond acceptors (Lipinski definition) is 4. The summed E-state index contributed by atoms with van der Waals surface area (Å²) in [5.41, 5.74) is 4.14. The first-order chi connectivity index (χ1) is 17.1. The highest BCUT2D eigenvalue weighted by atomic mass is 16.6. The van der Waals surface area contributed by atoms with Gasteiger partial charge in [-0.3, -0.25) is 0 Å². The first kappa shape index (κ1) is 25.3. The smallest absolute Gasteiger partial charge is 0.132 e. The standard InChI is InChI=1S/C31H39NO3/c1-4-5-12-20-34-30-29(33-21-19-24-13-8-6-9-14-24)27-22-26(17-18-28(27)35-31(30,2)3)32-23-25-15-10-7-11-16-25/h6-11,13-18,22,29-30,32H,4-5,12,19-21,23H2,1-3H3. The Morgan fingerprint density at radius 1 is 0.829 bits per heavy atom. The van der Waals surface area contributed by atoms with Gasteiger partial charge < -0.3 is 19.5 Å². The molecule has 1 N–H and O–H groups in total. The van der Waals surface area contributed by atoms with Crippen LogP contribution in [0.4, 0.5) is 5.69 Å². The first-order valence-electron chi connectivity index (χ1n) is 12.9. The van der Waals surface area contributed by atoms with E-state index in [1.807, 2.05) is 12.1 Å². The Kier molecular flexibility index (Phi) is 8.84. The molecule has 0 fully saturated rings. The quantitative estimate of drug-likeness (QED) is 0.279. The van der Waals surface area contributed by atoms with Crippen molar-refractivity contribution in [3.8, 4) is 5.75 Å². The summed E-state index contributed by atoms with van der Waals surface area (Å²) in [6.45, 7) is 8.53. The number of unbranched alkanes of at least 4 members (excludes halogenated alkanes) is 2. The van der Waals surface area contributed by atoms with Crippen LogP contribution in [-0.2, 0) is 22.4 Å². The number of anilines is 1. The second-order valence-electron chi connectivity index (χ2n) is 9.82. The second-order valence-corrected chi connectivity index (χ2v) is 9.82. The Morgan fingerprint density at radius 2 is 1.54 bits per heavy atom. The van der Waals surface area contributed by atoms with Crippen LogP contribution in [0.5, 0.6) is 5.75 Å². The highest BCUT2D eigenvalue weighted by molar-refractivity contribution is 5.53. The van der Waals surface area contributed by atoms with Crippen molar-refractivity contribution < 1.29 is 14.2 Å². The maximum absolute atomic E-state index is 6.60. The van der Waals surface area contributed by atoms with Crippen LogP contribution in [0.1, 0.15) is 62.8 Å². The van der Waals surface area contributed by atoms with Crippen LogP contribution in [0, 0.1) is 0 Å². The fourth-order valence-corrected chi connectivity index (χ4v) is 4.62. The molecule has 0 aromatic heterocycles. The summed E-state index contributed by atoms with van der Waals surface area (Å²) in [4.78, 5) is 0. The molecule has 4 nitrogen and oxygen atoms in total. The molecule has 3 aromatic carbocycles. The third-order valence-electron chi connectivity index (χ3n) is 6.57. The van der Waals surface area contributed by atoms with Crippen molar-refractivity contribution in [1.82, 2.24) is 0 Å². The summed E-state index contributed by atoms with van der Waals surface area (Å²) in [5.74, 6) is 0.874. The monoisotopic (exact) mass is 473 g/mol. The van der Waals surface area contributed by atoms with Crippen LogP contribution < -0.4 is 10.1 Å². The van der Waals surface area contributed by atoms with E-state index in [1.54, 1.807) is 0 Å². The van der Waals surface area contributed by atoms with E-state index in [-0.39, 0.29) is 12.2 Å². The SMILES string of the molecule is CCCCCOC1C(OCCc2ccccc2)c2cc(NCc3ccccc3)ccc2OC1(C)C. The zero-order valence-electron chi connectivity index (χ0n) is 21.3. The predicted molar refractivity (Wildman–Crippen MR) is 143 cm³/mol. The van der Waals surface area contributed by atoms with E-state index in [0.717, 1.165) is 42.8 Å². The molecule has 4 rings (SSSR count). The predicted octanol–water partition coefficient (Wildman–Crippen LogP) is 7.35. The van der Waals surface area contributed by atoms with E-state index >= 15 is 0 Å². The molecule has 0 radical (unpaired) electrons. The molecule has 0 saturated heterocycles. The van der Waals surface area contributed by atoms with E-state index in [1.165, 1.54) is 17.5 Å². The highest BCUT2D eigenvalue weighted by Crippen LogP contribution is 2.44. The fraction of sp³-hybridized carbons (Fsp3) is 0.419. The Hall–Kier alpha value is -2.82. The van der Waals surface area contributed by atoms with Crippen LogP contribution in [-0.4, -0.2) is 24.9 Å². The largest absolute Gasteiger partial charge is 0.485 e. The Morgan fingerprint density at radius 3 is 2.26 bits per heavy atom. The minimum absolute atomic E-state index is 0.188. The molecule has 0 saturated carbocycles. The average molecular weight is 474 g/mol. The van der Waals surface area contributed by atoms with Gasteiger partial charge >= 0.3 is 0 Å². The number of benzene rings is 3. The number of hydrogen-bond donors (Lipinski definition) is 1. The van der Waals surface area contributed by atoms with Gasteiger partial charge in [0.1, 0.15) is 23.6 Å². The summed E-state index contributed by atoms with van der Waals surface area (Å²) < 4.78 is 19.5. The number of ether oxygens (including phenoxy) is 3. The van der Waals surface area contributed by atoms with Gasteiger partial charge in [-0.05, 0) is 56.0 Å². The highest BCUT2D eigenvalue weighted by Gasteiger charge is 2.45. The number of nitrogens with one attached hydrogen (secondary N) is 1. The molecule has 0 bridgehead atoms. The summed E-state index contributed by atoms with van der Waals surface area (Å²) in [6, 6.07) is 27.2.